The Kier molecular flexibility index (Phi) is 10.6. The van der Waals surface area contributed by atoms with Crippen molar-refractivity contribution in [2.45, 2.75) is 0 Å². The summed E-state index contributed by atoms with van der Waals surface area (Å²) in [7, 11) is 3.64. The summed E-state index contributed by atoms with van der Waals surface area (Å²) in [4.78, 5) is 19.1. The van der Waals surface area contributed by atoms with Crippen LogP contribution in [0.25, 0.3) is 0 Å². The molecular weight excluding hydrogens is 164 g/mol. The highest BCUT2D eigenvalue weighted by Gasteiger charge is 1.88. The van der Waals surface area contributed by atoms with Crippen molar-refractivity contribution in [1.29, 1.82) is 0 Å². The minimum atomic E-state index is -1.26. The molecule has 0 bridgehead atoms. The number of carboxylic acids is 2. The highest BCUT2D eigenvalue weighted by Crippen LogP contribution is 1.70. The summed E-state index contributed by atoms with van der Waals surface area (Å²) in [6, 6.07) is 0. The largest absolute Gasteiger partial charge is 0.478 e. The van der Waals surface area contributed by atoms with Crippen LogP contribution in [0.15, 0.2) is 12.2 Å². The molecule has 4 N–H and O–H groups in total. The molecule has 0 aliphatic carbocycles. The Bertz CT molecular complexity index is 149. The molecule has 0 aromatic rings. The topological polar surface area (TPSA) is 98.7 Å². The molecule has 0 spiro atoms. The number of aliphatic carboxylic acids is 2. The molecule has 0 rings (SSSR count). The first-order valence-corrected chi connectivity index (χ1v) is 3.02. The van der Waals surface area contributed by atoms with Crippen LogP contribution in [-0.2, 0) is 9.59 Å². The van der Waals surface area contributed by atoms with Crippen LogP contribution in [0.5, 0.6) is 0 Å². The Morgan fingerprint density at radius 3 is 1.33 bits per heavy atom. The molecule has 0 aromatic heterocycles. The van der Waals surface area contributed by atoms with Gasteiger partial charge in [0.25, 0.3) is 0 Å². The summed E-state index contributed by atoms with van der Waals surface area (Å²) in [5.41, 5.74) is 5.36. The number of nitrogens with one attached hydrogen (secondary N) is 2. The average molecular weight is 176 g/mol. The van der Waals surface area contributed by atoms with Gasteiger partial charge in [0, 0.05) is 12.2 Å². The first-order valence-electron chi connectivity index (χ1n) is 3.02. The number of hydrazine groups is 1. The monoisotopic (exact) mass is 176 g/mol. The van der Waals surface area contributed by atoms with Crippen molar-refractivity contribution in [3.63, 3.8) is 0 Å². The highest BCUT2D eigenvalue weighted by atomic mass is 16.4. The lowest BCUT2D eigenvalue weighted by Crippen LogP contribution is -2.21. The van der Waals surface area contributed by atoms with Crippen LogP contribution in [0, 0.1) is 0 Å². The van der Waals surface area contributed by atoms with Gasteiger partial charge < -0.3 is 10.2 Å². The molecule has 0 radical (unpaired) electrons. The standard InChI is InChI=1S/C4H4O4.C2H8N2/c5-3(6)1-2-4(7)8;1-3-4-2/h1-2H,(H,5,6)(H,7,8);3-4H,1-2H3/b2-1-;. The third-order valence-electron chi connectivity index (χ3n) is 0.618. The predicted octanol–water partition coefficient (Wildman–Crippen LogP) is -0.948. The lowest BCUT2D eigenvalue weighted by atomic mass is 10.5. The van der Waals surface area contributed by atoms with Crippen LogP contribution < -0.4 is 10.9 Å². The van der Waals surface area contributed by atoms with Crippen LogP contribution in [0.1, 0.15) is 0 Å². The molecular formula is C6H12N2O4. The van der Waals surface area contributed by atoms with E-state index in [9.17, 15) is 9.59 Å². The molecule has 0 unspecified atom stereocenters. The van der Waals surface area contributed by atoms with E-state index in [1.807, 2.05) is 14.1 Å². The third kappa shape index (κ3) is 23.5. The van der Waals surface area contributed by atoms with Crippen LogP contribution in [0.4, 0.5) is 0 Å². The predicted molar refractivity (Wildman–Crippen MR) is 42.5 cm³/mol. The molecule has 0 aliphatic heterocycles. The fourth-order valence-electron chi connectivity index (χ4n) is 0.143. The molecule has 0 heterocycles. The van der Waals surface area contributed by atoms with E-state index < -0.39 is 11.9 Å². The zero-order chi connectivity index (χ0) is 9.98. The number of hydrogen-bond donors (Lipinski definition) is 4. The van der Waals surface area contributed by atoms with E-state index in [0.29, 0.717) is 12.2 Å². The van der Waals surface area contributed by atoms with Gasteiger partial charge >= 0.3 is 11.9 Å². The van der Waals surface area contributed by atoms with E-state index >= 15 is 0 Å². The molecule has 0 atom stereocenters. The number of carbonyl (C=O) groups is 2. The van der Waals surface area contributed by atoms with Crippen molar-refractivity contribution in [3.05, 3.63) is 12.2 Å². The molecule has 0 fully saturated rings. The van der Waals surface area contributed by atoms with Crippen molar-refractivity contribution in [3.8, 4) is 0 Å². The summed E-state index contributed by atoms with van der Waals surface area (Å²) in [5, 5.41) is 15.6. The van der Waals surface area contributed by atoms with Crippen molar-refractivity contribution in [2.75, 3.05) is 14.1 Å². The van der Waals surface area contributed by atoms with Gasteiger partial charge in [-0.2, -0.15) is 0 Å². The smallest absolute Gasteiger partial charge is 0.328 e. The Labute approximate surface area is 69.9 Å². The Hall–Kier alpha value is -1.40. The molecule has 6 nitrogen and oxygen atoms in total. The van der Waals surface area contributed by atoms with Crippen molar-refractivity contribution >= 4 is 11.9 Å². The number of rotatable bonds is 3. The first kappa shape index (κ1) is 13.2. The van der Waals surface area contributed by atoms with E-state index in [0.717, 1.165) is 0 Å². The highest BCUT2D eigenvalue weighted by molar-refractivity contribution is 5.89. The average Bonchev–Trinajstić information content (AvgIpc) is 2.01. The molecule has 0 saturated carbocycles. The number of hydrogen-bond acceptors (Lipinski definition) is 4. The third-order valence-corrected chi connectivity index (χ3v) is 0.618. The maximum absolute atomic E-state index is 9.55. The Morgan fingerprint density at radius 1 is 1.00 bits per heavy atom. The fraction of sp³-hybridized carbons (Fsp3) is 0.333. The zero-order valence-electron chi connectivity index (χ0n) is 6.87. The van der Waals surface area contributed by atoms with Crippen molar-refractivity contribution in [1.82, 2.24) is 10.9 Å². The second-order valence-corrected chi connectivity index (χ2v) is 1.51. The van der Waals surface area contributed by atoms with Gasteiger partial charge in [-0.15, -0.1) is 0 Å². The summed E-state index contributed by atoms with van der Waals surface area (Å²) in [6.45, 7) is 0. The van der Waals surface area contributed by atoms with Gasteiger partial charge in [0.2, 0.25) is 0 Å². The molecule has 0 aliphatic rings. The van der Waals surface area contributed by atoms with E-state index in [1.165, 1.54) is 0 Å². The van der Waals surface area contributed by atoms with E-state index in [2.05, 4.69) is 10.9 Å². The second kappa shape index (κ2) is 9.60. The lowest BCUT2D eigenvalue weighted by molar-refractivity contribution is -0.134. The van der Waals surface area contributed by atoms with Crippen molar-refractivity contribution in [2.24, 2.45) is 0 Å². The normalized spacial score (nSPS) is 8.83. The molecule has 0 aromatic carbocycles. The summed E-state index contributed by atoms with van der Waals surface area (Å²) >= 11 is 0. The van der Waals surface area contributed by atoms with Crippen molar-refractivity contribution < 1.29 is 19.8 Å². The summed E-state index contributed by atoms with van der Waals surface area (Å²) in [6.07, 6.45) is 1.12. The Morgan fingerprint density at radius 2 is 1.25 bits per heavy atom. The van der Waals surface area contributed by atoms with Gasteiger partial charge in [0.15, 0.2) is 0 Å². The van der Waals surface area contributed by atoms with Gasteiger partial charge in [-0.3, -0.25) is 10.9 Å². The van der Waals surface area contributed by atoms with Gasteiger partial charge in [0.05, 0.1) is 0 Å². The van der Waals surface area contributed by atoms with Gasteiger partial charge in [-0.1, -0.05) is 0 Å². The molecule has 70 valence electrons. The maximum atomic E-state index is 9.55. The second-order valence-electron chi connectivity index (χ2n) is 1.51. The maximum Gasteiger partial charge on any atom is 0.328 e. The van der Waals surface area contributed by atoms with Crippen LogP contribution in [0.3, 0.4) is 0 Å². The Balaban J connectivity index is 0. The molecule has 0 saturated heterocycles. The van der Waals surface area contributed by atoms with Gasteiger partial charge in [-0.05, 0) is 14.1 Å². The quantitative estimate of drug-likeness (QED) is 0.327. The minimum Gasteiger partial charge on any atom is -0.478 e. The molecule has 12 heavy (non-hydrogen) atoms. The van der Waals surface area contributed by atoms with E-state index in [4.69, 9.17) is 10.2 Å². The van der Waals surface area contributed by atoms with Gasteiger partial charge in [0.1, 0.15) is 0 Å². The van der Waals surface area contributed by atoms with E-state index in [1.54, 1.807) is 0 Å². The van der Waals surface area contributed by atoms with E-state index in [-0.39, 0.29) is 0 Å². The first-order chi connectivity index (χ1) is 5.54. The van der Waals surface area contributed by atoms with Gasteiger partial charge in [-0.25, -0.2) is 9.59 Å². The number of carboxylic acid groups (broad SMARTS) is 2. The van der Waals surface area contributed by atoms with Crippen LogP contribution in [-0.4, -0.2) is 36.2 Å². The minimum absolute atomic E-state index is 0.558. The van der Waals surface area contributed by atoms with Crippen LogP contribution >= 0.6 is 0 Å². The lowest BCUT2D eigenvalue weighted by Gasteiger charge is -1.81. The SMILES string of the molecule is CNNC.O=C(O)/C=C\C(=O)O. The fourth-order valence-corrected chi connectivity index (χ4v) is 0.143. The summed E-state index contributed by atoms with van der Waals surface area (Å²) < 4.78 is 0. The summed E-state index contributed by atoms with van der Waals surface area (Å²) in [5.74, 6) is -2.51. The molecule has 0 amide bonds. The van der Waals surface area contributed by atoms with Crippen LogP contribution in [0.2, 0.25) is 0 Å². The molecule has 6 heteroatoms. The zero-order valence-corrected chi connectivity index (χ0v) is 6.87.